The van der Waals surface area contributed by atoms with E-state index < -0.39 is 22.2 Å². The second-order valence-corrected chi connectivity index (χ2v) is 21.2. The molecule has 4 atom stereocenters. The molecule has 2 unspecified atom stereocenters. The maximum Gasteiger partial charge on any atom is 0.265 e. The second-order valence-electron chi connectivity index (χ2n) is 15.3. The first-order chi connectivity index (χ1) is 19.9. The molecule has 0 aromatic heterocycles. The normalized spacial score (nSPS) is 16.8. The molecule has 0 saturated carbocycles. The highest BCUT2D eigenvalue weighted by Crippen LogP contribution is 2.39. The second kappa shape index (κ2) is 22.5. The molecule has 0 aromatic carbocycles. The summed E-state index contributed by atoms with van der Waals surface area (Å²) in [5, 5.41) is 3.75. The van der Waals surface area contributed by atoms with Crippen LogP contribution in [-0.2, 0) is 13.5 Å². The number of hydrogen-bond donors (Lipinski definition) is 2. The zero-order valence-corrected chi connectivity index (χ0v) is 32.0. The van der Waals surface area contributed by atoms with Gasteiger partial charge in [0, 0.05) is 6.04 Å². The Kier molecular flexibility index (Phi) is 22.4. The molecule has 0 spiro atoms. The SMILES string of the molecule is CCCCCCCCCCCCC/C=C/[C@@H](O[Si](C)(C)C(C)(C)C)[C@H](CC(C[N+](C)(C)C)OP(=O)([O-])O)NCCCCC. The minimum Gasteiger partial charge on any atom is -0.756 e. The van der Waals surface area contributed by atoms with Gasteiger partial charge in [-0.3, -0.25) is 4.57 Å². The number of rotatable bonds is 27. The number of nitrogens with one attached hydrogen (secondary N) is 1. The monoisotopic (exact) mass is 649 g/mol. The smallest absolute Gasteiger partial charge is 0.265 e. The van der Waals surface area contributed by atoms with E-state index in [4.69, 9.17) is 8.95 Å². The first-order valence-corrected chi connectivity index (χ1v) is 21.9. The fourth-order valence-electron chi connectivity index (χ4n) is 5.16. The van der Waals surface area contributed by atoms with E-state index in [-0.39, 0.29) is 17.2 Å². The average molecular weight is 649 g/mol. The number of allylic oxidation sites excluding steroid dienone is 1. The van der Waals surface area contributed by atoms with Gasteiger partial charge >= 0.3 is 0 Å². The van der Waals surface area contributed by atoms with Gasteiger partial charge in [-0.2, -0.15) is 0 Å². The Bertz CT molecular complexity index is 761. The van der Waals surface area contributed by atoms with Crippen LogP contribution in [0.1, 0.15) is 137 Å². The van der Waals surface area contributed by atoms with Crippen LogP contribution in [-0.4, -0.2) is 70.2 Å². The van der Waals surface area contributed by atoms with Gasteiger partial charge in [0.05, 0.1) is 27.2 Å². The van der Waals surface area contributed by atoms with Crippen LogP contribution in [0.2, 0.25) is 18.1 Å². The predicted octanol–water partition coefficient (Wildman–Crippen LogP) is 8.72. The lowest BCUT2D eigenvalue weighted by molar-refractivity contribution is -0.873. The maximum atomic E-state index is 11.8. The molecule has 258 valence electrons. The number of nitrogens with zero attached hydrogens (tertiary/aromatic N) is 1. The van der Waals surface area contributed by atoms with Gasteiger partial charge in [0.25, 0.3) is 7.82 Å². The zero-order chi connectivity index (χ0) is 33.0. The zero-order valence-electron chi connectivity index (χ0n) is 30.1. The van der Waals surface area contributed by atoms with Crippen molar-refractivity contribution in [1.29, 1.82) is 0 Å². The molecule has 0 heterocycles. The third-order valence-electron chi connectivity index (χ3n) is 8.67. The van der Waals surface area contributed by atoms with E-state index in [1.54, 1.807) is 0 Å². The summed E-state index contributed by atoms with van der Waals surface area (Å²) in [5.74, 6) is 0. The van der Waals surface area contributed by atoms with Gasteiger partial charge < -0.3 is 28.5 Å². The van der Waals surface area contributed by atoms with Crippen molar-refractivity contribution in [3.63, 3.8) is 0 Å². The van der Waals surface area contributed by atoms with E-state index in [0.29, 0.717) is 17.4 Å². The minimum absolute atomic E-state index is 0.0376. The van der Waals surface area contributed by atoms with E-state index in [2.05, 4.69) is 65.2 Å². The summed E-state index contributed by atoms with van der Waals surface area (Å²) >= 11 is 0. The number of hydrogen-bond acceptors (Lipinski definition) is 5. The van der Waals surface area contributed by atoms with Crippen molar-refractivity contribution >= 4 is 16.1 Å². The lowest BCUT2D eigenvalue weighted by atomic mass is 10.0. The van der Waals surface area contributed by atoms with Crippen molar-refractivity contribution in [2.45, 2.75) is 174 Å². The Morgan fingerprint density at radius 1 is 0.884 bits per heavy atom. The molecule has 0 aliphatic heterocycles. The molecule has 0 fully saturated rings. The van der Waals surface area contributed by atoms with Crippen LogP contribution in [0.3, 0.4) is 0 Å². The largest absolute Gasteiger partial charge is 0.756 e. The third-order valence-corrected chi connectivity index (χ3v) is 13.7. The molecule has 0 aliphatic carbocycles. The van der Waals surface area contributed by atoms with Crippen LogP contribution in [0.5, 0.6) is 0 Å². The van der Waals surface area contributed by atoms with Crippen molar-refractivity contribution < 1.29 is 27.8 Å². The van der Waals surface area contributed by atoms with Gasteiger partial charge in [-0.25, -0.2) is 0 Å². The summed E-state index contributed by atoms with van der Waals surface area (Å²) in [6.45, 7) is 17.0. The van der Waals surface area contributed by atoms with E-state index >= 15 is 0 Å². The quantitative estimate of drug-likeness (QED) is 0.0304. The first kappa shape index (κ1) is 42.9. The summed E-state index contributed by atoms with van der Waals surface area (Å²) in [4.78, 5) is 21.5. The predicted molar refractivity (Wildman–Crippen MR) is 186 cm³/mol. The van der Waals surface area contributed by atoms with Gasteiger partial charge in [0.1, 0.15) is 12.6 Å². The molecular weight excluding hydrogens is 575 g/mol. The van der Waals surface area contributed by atoms with Crippen LogP contribution in [0, 0.1) is 0 Å². The average Bonchev–Trinajstić information content (AvgIpc) is 2.85. The van der Waals surface area contributed by atoms with E-state index in [0.717, 1.165) is 32.2 Å². The highest BCUT2D eigenvalue weighted by molar-refractivity contribution is 7.44. The molecule has 0 bridgehead atoms. The van der Waals surface area contributed by atoms with Crippen LogP contribution in [0.25, 0.3) is 0 Å². The Morgan fingerprint density at radius 3 is 1.84 bits per heavy atom. The standard InChI is InChI=1S/C34H73N2O5PSi/c1-11-13-15-16-17-18-19-20-21-22-23-24-25-27-33(41-43(9,10)34(3,4)5)32(35-28-26-14-12-2)29-31(30-36(6,7)8)40-42(37,38)39/h25,27,31-33,35H,11-24,26,28-30H2,1-10H3,(H-,37,38,39)/b27-25+/t31?,32-,33+/m0/s1. The minimum atomic E-state index is -4.89. The third kappa shape index (κ3) is 23.9. The summed E-state index contributed by atoms with van der Waals surface area (Å²) in [6, 6.07) is -0.136. The summed E-state index contributed by atoms with van der Waals surface area (Å²) in [7, 11) is -1.01. The summed E-state index contributed by atoms with van der Waals surface area (Å²) < 4.78 is 24.6. The fourth-order valence-corrected chi connectivity index (χ4v) is 6.97. The highest BCUT2D eigenvalue weighted by Gasteiger charge is 2.41. The van der Waals surface area contributed by atoms with E-state index in [1.807, 2.05) is 21.1 Å². The van der Waals surface area contributed by atoms with Crippen molar-refractivity contribution in [1.82, 2.24) is 5.32 Å². The molecule has 0 saturated heterocycles. The van der Waals surface area contributed by atoms with Crippen LogP contribution in [0.4, 0.5) is 0 Å². The molecule has 0 radical (unpaired) electrons. The van der Waals surface area contributed by atoms with Gasteiger partial charge in [-0.05, 0) is 50.4 Å². The molecule has 0 aromatic rings. The molecule has 2 N–H and O–H groups in total. The van der Waals surface area contributed by atoms with Crippen LogP contribution >= 0.6 is 7.82 Å². The Hall–Kier alpha value is -0.0531. The molecule has 43 heavy (non-hydrogen) atoms. The first-order valence-electron chi connectivity index (χ1n) is 17.5. The Balaban J connectivity index is 5.53. The van der Waals surface area contributed by atoms with Gasteiger partial charge in [-0.1, -0.05) is 124 Å². The highest BCUT2D eigenvalue weighted by atomic mass is 31.2. The molecule has 0 amide bonds. The van der Waals surface area contributed by atoms with Crippen molar-refractivity contribution in [3.05, 3.63) is 12.2 Å². The van der Waals surface area contributed by atoms with E-state index in [1.165, 1.54) is 70.6 Å². The molecule has 9 heteroatoms. The van der Waals surface area contributed by atoms with Gasteiger partial charge in [0.2, 0.25) is 0 Å². The van der Waals surface area contributed by atoms with Crippen molar-refractivity contribution in [3.8, 4) is 0 Å². The number of phosphoric acid groups is 1. The number of quaternary nitrogens is 1. The molecule has 0 rings (SSSR count). The maximum absolute atomic E-state index is 11.8. The lowest BCUT2D eigenvalue weighted by Gasteiger charge is -2.42. The van der Waals surface area contributed by atoms with Gasteiger partial charge in [-0.15, -0.1) is 0 Å². The van der Waals surface area contributed by atoms with Gasteiger partial charge in [0.15, 0.2) is 8.32 Å². The van der Waals surface area contributed by atoms with Crippen molar-refractivity contribution in [2.24, 2.45) is 0 Å². The Labute approximate surface area is 268 Å². The number of phosphoric ester groups is 1. The Morgan fingerprint density at radius 2 is 1.37 bits per heavy atom. The number of likely N-dealkylation sites (N-methyl/N-ethyl adjacent to an activating group) is 1. The van der Waals surface area contributed by atoms with Crippen LogP contribution < -0.4 is 10.2 Å². The van der Waals surface area contributed by atoms with E-state index in [9.17, 15) is 14.4 Å². The van der Waals surface area contributed by atoms with Crippen LogP contribution in [0.15, 0.2) is 12.2 Å². The molecule has 0 aliphatic rings. The number of unbranched alkanes of at least 4 members (excludes halogenated alkanes) is 13. The summed E-state index contributed by atoms with van der Waals surface area (Å²) in [5.41, 5.74) is 0. The molecular formula is C34H73N2O5PSi. The summed E-state index contributed by atoms with van der Waals surface area (Å²) in [6.07, 6.45) is 23.0. The van der Waals surface area contributed by atoms with Crippen molar-refractivity contribution in [2.75, 3.05) is 34.2 Å². The topological polar surface area (TPSA) is 90.9 Å². The molecule has 7 nitrogen and oxygen atoms in total. The fraction of sp³-hybridized carbons (Fsp3) is 0.941. The lowest BCUT2D eigenvalue weighted by Crippen LogP contribution is -2.52.